The first kappa shape index (κ1) is 14.1. The number of carbonyl (C=O) groups is 1. The molecule has 0 bridgehead atoms. The summed E-state index contributed by atoms with van der Waals surface area (Å²) in [6.45, 7) is 0. The van der Waals surface area contributed by atoms with E-state index in [1.165, 1.54) is 0 Å². The molecule has 0 unspecified atom stereocenters. The van der Waals surface area contributed by atoms with E-state index < -0.39 is 5.91 Å². The lowest BCUT2D eigenvalue weighted by molar-refractivity contribution is 0.100. The van der Waals surface area contributed by atoms with Crippen molar-refractivity contribution >= 4 is 16.9 Å². The van der Waals surface area contributed by atoms with Crippen molar-refractivity contribution in [1.82, 2.24) is 15.2 Å². The van der Waals surface area contributed by atoms with Gasteiger partial charge in [0.2, 0.25) is 5.91 Å². The summed E-state index contributed by atoms with van der Waals surface area (Å²) in [5.74, 6) is -0.447. The van der Waals surface area contributed by atoms with Crippen LogP contribution < -0.4 is 5.73 Å². The second kappa shape index (κ2) is 5.62. The summed E-state index contributed by atoms with van der Waals surface area (Å²) in [6, 6.07) is 19.1. The smallest absolute Gasteiger partial charge is 0.248 e. The summed E-state index contributed by atoms with van der Waals surface area (Å²) in [5, 5.41) is 8.31. The highest BCUT2D eigenvalue weighted by atomic mass is 16.1. The van der Waals surface area contributed by atoms with Gasteiger partial charge in [0.1, 0.15) is 0 Å². The lowest BCUT2D eigenvalue weighted by Crippen LogP contribution is -2.10. The van der Waals surface area contributed by atoms with Gasteiger partial charge in [-0.15, -0.1) is 0 Å². The predicted octanol–water partition coefficient (Wildman–Crippen LogP) is 3.39. The van der Waals surface area contributed by atoms with E-state index in [-0.39, 0.29) is 0 Å². The van der Waals surface area contributed by atoms with Crippen molar-refractivity contribution < 1.29 is 4.79 Å². The maximum atomic E-state index is 11.5. The van der Waals surface area contributed by atoms with E-state index in [9.17, 15) is 4.79 Å². The fourth-order valence-electron chi connectivity index (χ4n) is 2.84. The van der Waals surface area contributed by atoms with Crippen LogP contribution in [0.1, 0.15) is 10.4 Å². The van der Waals surface area contributed by atoms with E-state index in [2.05, 4.69) is 15.2 Å². The van der Waals surface area contributed by atoms with Gasteiger partial charge >= 0.3 is 0 Å². The maximum Gasteiger partial charge on any atom is 0.248 e. The molecule has 116 valence electrons. The molecule has 0 aliphatic carbocycles. The molecule has 4 rings (SSSR count). The van der Waals surface area contributed by atoms with Crippen LogP contribution in [-0.2, 0) is 0 Å². The monoisotopic (exact) mass is 314 g/mol. The van der Waals surface area contributed by atoms with Gasteiger partial charge in [-0.1, -0.05) is 42.5 Å². The summed E-state index contributed by atoms with van der Waals surface area (Å²) in [4.78, 5) is 15.8. The number of aromatic nitrogens is 3. The normalized spacial score (nSPS) is 10.8. The maximum absolute atomic E-state index is 11.5. The van der Waals surface area contributed by atoms with Crippen LogP contribution in [0.25, 0.3) is 33.4 Å². The zero-order valence-corrected chi connectivity index (χ0v) is 12.7. The highest BCUT2D eigenvalue weighted by Crippen LogP contribution is 2.34. The number of nitrogens with zero attached hydrogens (tertiary/aromatic N) is 2. The van der Waals surface area contributed by atoms with Gasteiger partial charge in [0, 0.05) is 17.3 Å². The Hall–Kier alpha value is -3.47. The second-order valence-corrected chi connectivity index (χ2v) is 5.47. The van der Waals surface area contributed by atoms with Crippen LogP contribution in [0.2, 0.25) is 0 Å². The van der Waals surface area contributed by atoms with Gasteiger partial charge < -0.3 is 5.73 Å². The van der Waals surface area contributed by atoms with Gasteiger partial charge in [0.15, 0.2) is 5.65 Å². The number of nitrogens with one attached hydrogen (secondary N) is 1. The molecule has 0 aliphatic heterocycles. The Morgan fingerprint density at radius 1 is 0.958 bits per heavy atom. The van der Waals surface area contributed by atoms with Crippen LogP contribution in [0, 0.1) is 0 Å². The molecule has 0 fully saturated rings. The molecule has 24 heavy (non-hydrogen) atoms. The van der Waals surface area contributed by atoms with Gasteiger partial charge in [-0.25, -0.2) is 4.98 Å². The number of rotatable bonds is 3. The average molecular weight is 314 g/mol. The molecule has 0 atom stereocenters. The second-order valence-electron chi connectivity index (χ2n) is 5.47. The summed E-state index contributed by atoms with van der Waals surface area (Å²) in [7, 11) is 0. The molecular formula is C19H14N4O. The van der Waals surface area contributed by atoms with Gasteiger partial charge in [-0.3, -0.25) is 9.89 Å². The number of H-pyrrole nitrogens is 1. The molecule has 2 aromatic heterocycles. The van der Waals surface area contributed by atoms with Crippen LogP contribution in [0.15, 0.2) is 66.9 Å². The van der Waals surface area contributed by atoms with Crippen molar-refractivity contribution in [3.63, 3.8) is 0 Å². The van der Waals surface area contributed by atoms with Crippen LogP contribution >= 0.6 is 0 Å². The van der Waals surface area contributed by atoms with Crippen molar-refractivity contribution in [1.29, 1.82) is 0 Å². The summed E-state index contributed by atoms with van der Waals surface area (Å²) < 4.78 is 0. The molecule has 0 spiro atoms. The van der Waals surface area contributed by atoms with E-state index in [1.807, 2.05) is 48.5 Å². The molecule has 5 nitrogen and oxygen atoms in total. The van der Waals surface area contributed by atoms with Crippen molar-refractivity contribution in [3.8, 4) is 22.4 Å². The Labute approximate surface area is 138 Å². The summed E-state index contributed by atoms with van der Waals surface area (Å²) in [5.41, 5.74) is 10.3. The van der Waals surface area contributed by atoms with E-state index in [1.54, 1.807) is 18.3 Å². The van der Waals surface area contributed by atoms with Crippen molar-refractivity contribution in [2.24, 2.45) is 5.73 Å². The number of aromatic amines is 1. The average Bonchev–Trinajstić information content (AvgIpc) is 3.07. The third-order valence-electron chi connectivity index (χ3n) is 3.98. The topological polar surface area (TPSA) is 84.7 Å². The molecule has 3 N–H and O–H groups in total. The molecule has 0 radical (unpaired) electrons. The van der Waals surface area contributed by atoms with Gasteiger partial charge in [0.05, 0.1) is 11.1 Å². The first-order valence-electron chi connectivity index (χ1n) is 7.53. The zero-order valence-electron chi connectivity index (χ0n) is 12.7. The third-order valence-corrected chi connectivity index (χ3v) is 3.98. The number of primary amides is 1. The number of benzene rings is 2. The quantitative estimate of drug-likeness (QED) is 0.608. The Morgan fingerprint density at radius 3 is 2.54 bits per heavy atom. The Bertz CT molecular complexity index is 1040. The highest BCUT2D eigenvalue weighted by Gasteiger charge is 2.14. The Balaban J connectivity index is 1.98. The van der Waals surface area contributed by atoms with E-state index in [0.29, 0.717) is 11.2 Å². The van der Waals surface area contributed by atoms with E-state index >= 15 is 0 Å². The minimum absolute atomic E-state index is 0.447. The molecule has 1 amide bonds. The van der Waals surface area contributed by atoms with Gasteiger partial charge in [0.25, 0.3) is 0 Å². The summed E-state index contributed by atoms with van der Waals surface area (Å²) >= 11 is 0. The number of nitrogens with two attached hydrogens (primary N) is 1. The number of hydrogen-bond donors (Lipinski definition) is 2. The molecule has 0 saturated heterocycles. The largest absolute Gasteiger partial charge is 0.366 e. The molecule has 0 saturated carbocycles. The molecule has 2 heterocycles. The van der Waals surface area contributed by atoms with Crippen molar-refractivity contribution in [2.75, 3.05) is 0 Å². The highest BCUT2D eigenvalue weighted by molar-refractivity contribution is 6.03. The Morgan fingerprint density at radius 2 is 1.75 bits per heavy atom. The lowest BCUT2D eigenvalue weighted by Gasteiger charge is -2.07. The molecular weight excluding hydrogens is 300 g/mol. The molecule has 5 heteroatoms. The minimum atomic E-state index is -0.447. The van der Waals surface area contributed by atoms with Gasteiger partial charge in [-0.05, 0) is 29.3 Å². The van der Waals surface area contributed by atoms with Crippen LogP contribution in [0.4, 0.5) is 0 Å². The lowest BCUT2D eigenvalue weighted by atomic mass is 9.98. The first-order chi connectivity index (χ1) is 11.7. The van der Waals surface area contributed by atoms with E-state index in [4.69, 9.17) is 5.73 Å². The zero-order chi connectivity index (χ0) is 16.5. The van der Waals surface area contributed by atoms with Crippen LogP contribution in [-0.4, -0.2) is 21.1 Å². The Kier molecular flexibility index (Phi) is 3.31. The fraction of sp³-hybridized carbons (Fsp3) is 0. The molecule has 2 aromatic carbocycles. The number of amides is 1. The first-order valence-corrected chi connectivity index (χ1v) is 7.53. The number of fused-ring (bicyclic) bond motifs is 1. The molecule has 0 aliphatic rings. The van der Waals surface area contributed by atoms with E-state index in [0.717, 1.165) is 27.8 Å². The van der Waals surface area contributed by atoms with Crippen molar-refractivity contribution in [2.45, 2.75) is 0 Å². The fourth-order valence-corrected chi connectivity index (χ4v) is 2.84. The third kappa shape index (κ3) is 2.32. The van der Waals surface area contributed by atoms with Crippen molar-refractivity contribution in [3.05, 3.63) is 72.4 Å². The predicted molar refractivity (Wildman–Crippen MR) is 93.3 cm³/mol. The van der Waals surface area contributed by atoms with Gasteiger partial charge in [-0.2, -0.15) is 5.10 Å². The number of hydrogen-bond acceptors (Lipinski definition) is 3. The summed E-state index contributed by atoms with van der Waals surface area (Å²) in [6.07, 6.45) is 1.71. The molecule has 4 aromatic rings. The number of carbonyl (C=O) groups excluding carboxylic acids is 1. The number of pyridine rings is 1. The minimum Gasteiger partial charge on any atom is -0.366 e. The SMILES string of the molecule is NC(=O)c1cccc(-c2ccnc3n[nH]c(-c4ccccc4)c23)c1. The van der Waals surface area contributed by atoms with Crippen LogP contribution in [0.5, 0.6) is 0 Å². The standard InChI is InChI=1S/C19H14N4O/c20-18(24)14-8-4-7-13(11-14)15-9-10-21-19-16(15)17(22-23-19)12-5-2-1-3-6-12/h1-11H,(H2,20,24)(H,21,22,23). The van der Waals surface area contributed by atoms with Crippen LogP contribution in [0.3, 0.4) is 0 Å².